The molecule has 3 rings (SSSR count). The lowest BCUT2D eigenvalue weighted by molar-refractivity contribution is 0.0734. The quantitative estimate of drug-likeness (QED) is 0.847. The fourth-order valence-corrected chi connectivity index (χ4v) is 3.07. The van der Waals surface area contributed by atoms with Crippen LogP contribution in [-0.2, 0) is 13.0 Å². The van der Waals surface area contributed by atoms with E-state index in [2.05, 4.69) is 11.1 Å². The minimum Gasteiger partial charge on any atom is -0.334 e. The van der Waals surface area contributed by atoms with E-state index >= 15 is 0 Å². The standard InChI is InChI=1S/C13H12N2O2S/c16-12-10(2-1-5-14-12)13(17)15-6-3-11-9(8-15)4-7-18-11/h1-2,4-5,7H,3,6,8H2,(H,14,16). The van der Waals surface area contributed by atoms with Crippen LogP contribution in [0.5, 0.6) is 0 Å². The van der Waals surface area contributed by atoms with Crippen LogP contribution in [0.3, 0.4) is 0 Å². The fourth-order valence-electron chi connectivity index (χ4n) is 2.18. The zero-order chi connectivity index (χ0) is 12.5. The molecule has 1 N–H and O–H groups in total. The number of aromatic nitrogens is 1. The van der Waals surface area contributed by atoms with Gasteiger partial charge in [-0.05, 0) is 35.6 Å². The van der Waals surface area contributed by atoms with Crippen molar-refractivity contribution in [3.63, 3.8) is 0 Å². The minimum absolute atomic E-state index is 0.186. The normalized spacial score (nSPS) is 14.3. The van der Waals surface area contributed by atoms with Crippen LogP contribution in [0.1, 0.15) is 20.8 Å². The van der Waals surface area contributed by atoms with Crippen molar-refractivity contribution in [2.24, 2.45) is 0 Å². The minimum atomic E-state index is -0.321. The van der Waals surface area contributed by atoms with Crippen molar-refractivity contribution in [3.05, 3.63) is 56.1 Å². The number of thiophene rings is 1. The van der Waals surface area contributed by atoms with Crippen LogP contribution in [0.2, 0.25) is 0 Å². The molecule has 0 bridgehead atoms. The number of nitrogens with zero attached hydrogens (tertiary/aromatic N) is 1. The molecule has 1 aliphatic rings. The van der Waals surface area contributed by atoms with E-state index < -0.39 is 0 Å². The van der Waals surface area contributed by atoms with E-state index in [-0.39, 0.29) is 17.0 Å². The smallest absolute Gasteiger partial charge is 0.260 e. The number of pyridine rings is 1. The number of hydrogen-bond donors (Lipinski definition) is 1. The predicted octanol–water partition coefficient (Wildman–Crippen LogP) is 1.63. The lowest BCUT2D eigenvalue weighted by atomic mass is 10.1. The van der Waals surface area contributed by atoms with E-state index in [0.717, 1.165) is 6.42 Å². The van der Waals surface area contributed by atoms with Gasteiger partial charge in [-0.25, -0.2) is 0 Å². The van der Waals surface area contributed by atoms with Crippen molar-refractivity contribution >= 4 is 17.2 Å². The zero-order valence-corrected chi connectivity index (χ0v) is 10.5. The average Bonchev–Trinajstić information content (AvgIpc) is 2.85. The second kappa shape index (κ2) is 4.42. The molecule has 1 aliphatic heterocycles. The second-order valence-electron chi connectivity index (χ2n) is 4.26. The molecule has 2 aromatic rings. The maximum absolute atomic E-state index is 12.3. The van der Waals surface area contributed by atoms with Gasteiger partial charge in [-0.1, -0.05) is 0 Å². The van der Waals surface area contributed by atoms with Gasteiger partial charge >= 0.3 is 0 Å². The van der Waals surface area contributed by atoms with Crippen LogP contribution in [0, 0.1) is 0 Å². The van der Waals surface area contributed by atoms with Crippen LogP contribution in [0.15, 0.2) is 34.6 Å². The molecule has 0 unspecified atom stereocenters. The van der Waals surface area contributed by atoms with E-state index in [9.17, 15) is 9.59 Å². The highest BCUT2D eigenvalue weighted by molar-refractivity contribution is 7.10. The number of amides is 1. The number of fused-ring (bicyclic) bond motifs is 1. The molecule has 18 heavy (non-hydrogen) atoms. The first-order valence-corrected chi connectivity index (χ1v) is 6.66. The van der Waals surface area contributed by atoms with Crippen molar-refractivity contribution in [3.8, 4) is 0 Å². The number of H-pyrrole nitrogens is 1. The van der Waals surface area contributed by atoms with Crippen molar-refractivity contribution < 1.29 is 4.79 Å². The van der Waals surface area contributed by atoms with Crippen LogP contribution in [0.4, 0.5) is 0 Å². The third-order valence-electron chi connectivity index (χ3n) is 3.14. The first-order chi connectivity index (χ1) is 8.75. The number of aromatic amines is 1. The Bertz CT molecular complexity index is 644. The van der Waals surface area contributed by atoms with Gasteiger partial charge in [-0.3, -0.25) is 9.59 Å². The molecule has 0 saturated carbocycles. The van der Waals surface area contributed by atoms with E-state index in [1.165, 1.54) is 16.6 Å². The summed E-state index contributed by atoms with van der Waals surface area (Å²) in [6.07, 6.45) is 2.41. The molecule has 0 saturated heterocycles. The van der Waals surface area contributed by atoms with E-state index in [1.54, 1.807) is 28.4 Å². The van der Waals surface area contributed by atoms with Crippen molar-refractivity contribution in [2.45, 2.75) is 13.0 Å². The molecule has 2 aromatic heterocycles. The summed E-state index contributed by atoms with van der Waals surface area (Å²) >= 11 is 1.73. The summed E-state index contributed by atoms with van der Waals surface area (Å²) in [6, 6.07) is 5.30. The molecule has 0 fully saturated rings. The number of carbonyl (C=O) groups is 1. The third-order valence-corrected chi connectivity index (χ3v) is 4.17. The molecular weight excluding hydrogens is 248 g/mol. The van der Waals surface area contributed by atoms with Crippen LogP contribution >= 0.6 is 11.3 Å². The Morgan fingerprint density at radius 2 is 2.28 bits per heavy atom. The summed E-state index contributed by atoms with van der Waals surface area (Å²) in [4.78, 5) is 29.5. The maximum atomic E-state index is 12.3. The fraction of sp³-hybridized carbons (Fsp3) is 0.231. The SMILES string of the molecule is O=C(c1ccc[nH]c1=O)N1CCc2sccc2C1. The molecular formula is C13H12N2O2S. The number of carbonyl (C=O) groups excluding carboxylic acids is 1. The largest absolute Gasteiger partial charge is 0.334 e. The van der Waals surface area contributed by atoms with Gasteiger partial charge in [-0.15, -0.1) is 11.3 Å². The van der Waals surface area contributed by atoms with Gasteiger partial charge in [0.1, 0.15) is 5.56 Å². The highest BCUT2D eigenvalue weighted by Gasteiger charge is 2.23. The summed E-state index contributed by atoms with van der Waals surface area (Å²) in [5, 5.41) is 2.05. The monoisotopic (exact) mass is 260 g/mol. The molecule has 4 nitrogen and oxygen atoms in total. The lowest BCUT2D eigenvalue weighted by Crippen LogP contribution is -2.37. The van der Waals surface area contributed by atoms with Gasteiger partial charge in [-0.2, -0.15) is 0 Å². The Balaban J connectivity index is 1.87. The topological polar surface area (TPSA) is 53.2 Å². The average molecular weight is 260 g/mol. The van der Waals surface area contributed by atoms with Crippen molar-refractivity contribution in [1.82, 2.24) is 9.88 Å². The third kappa shape index (κ3) is 1.86. The van der Waals surface area contributed by atoms with Gasteiger partial charge in [0, 0.05) is 24.2 Å². The summed E-state index contributed by atoms with van der Waals surface area (Å²) in [6.45, 7) is 1.28. The van der Waals surface area contributed by atoms with Crippen LogP contribution in [-0.4, -0.2) is 22.3 Å². The summed E-state index contributed by atoms with van der Waals surface area (Å²) in [7, 11) is 0. The molecule has 0 atom stereocenters. The number of rotatable bonds is 1. The van der Waals surface area contributed by atoms with Crippen LogP contribution < -0.4 is 5.56 Å². The molecule has 0 aromatic carbocycles. The Morgan fingerprint density at radius 1 is 1.39 bits per heavy atom. The summed E-state index contributed by atoms with van der Waals surface area (Å²) in [5.41, 5.74) is 1.10. The highest BCUT2D eigenvalue weighted by atomic mass is 32.1. The first kappa shape index (κ1) is 11.2. The molecule has 1 amide bonds. The Kier molecular flexibility index (Phi) is 2.76. The second-order valence-corrected chi connectivity index (χ2v) is 5.26. The number of hydrogen-bond acceptors (Lipinski definition) is 3. The van der Waals surface area contributed by atoms with Gasteiger partial charge in [0.15, 0.2) is 0 Å². The first-order valence-electron chi connectivity index (χ1n) is 5.78. The maximum Gasteiger partial charge on any atom is 0.260 e. The predicted molar refractivity (Wildman–Crippen MR) is 69.8 cm³/mol. The van der Waals surface area contributed by atoms with Crippen molar-refractivity contribution in [2.75, 3.05) is 6.54 Å². The van der Waals surface area contributed by atoms with Gasteiger partial charge in [0.2, 0.25) is 0 Å². The Hall–Kier alpha value is -1.88. The van der Waals surface area contributed by atoms with Crippen molar-refractivity contribution in [1.29, 1.82) is 0 Å². The molecule has 0 spiro atoms. The summed E-state index contributed by atoms with van der Waals surface area (Å²) in [5.74, 6) is -0.186. The Labute approximate surface area is 108 Å². The van der Waals surface area contributed by atoms with E-state index in [0.29, 0.717) is 13.1 Å². The Morgan fingerprint density at radius 3 is 3.11 bits per heavy atom. The molecule has 5 heteroatoms. The highest BCUT2D eigenvalue weighted by Crippen LogP contribution is 2.24. The van der Waals surface area contributed by atoms with Crippen LogP contribution in [0.25, 0.3) is 0 Å². The molecule has 3 heterocycles. The van der Waals surface area contributed by atoms with Gasteiger partial charge in [0.25, 0.3) is 11.5 Å². The van der Waals surface area contributed by atoms with E-state index in [1.807, 2.05) is 5.38 Å². The molecule has 0 radical (unpaired) electrons. The van der Waals surface area contributed by atoms with E-state index in [4.69, 9.17) is 0 Å². The van der Waals surface area contributed by atoms with Gasteiger partial charge < -0.3 is 9.88 Å². The molecule has 0 aliphatic carbocycles. The lowest BCUT2D eigenvalue weighted by Gasteiger charge is -2.26. The number of nitrogens with one attached hydrogen (secondary N) is 1. The zero-order valence-electron chi connectivity index (χ0n) is 9.68. The summed E-state index contributed by atoms with van der Waals surface area (Å²) < 4.78 is 0. The van der Waals surface area contributed by atoms with Gasteiger partial charge in [0.05, 0.1) is 0 Å². The molecule has 92 valence electrons.